The Morgan fingerprint density at radius 3 is 1.35 bits per heavy atom. The fourth-order valence-corrected chi connectivity index (χ4v) is 7.98. The second kappa shape index (κ2) is 30.3. The predicted octanol–water partition coefficient (Wildman–Crippen LogP) is 8.07. The molecule has 21 nitrogen and oxygen atoms in total. The minimum atomic E-state index is -0.896. The molecule has 0 fully saturated rings. The zero-order valence-electron chi connectivity index (χ0n) is 43.5. The molecule has 5 aromatic heterocycles. The van der Waals surface area contributed by atoms with E-state index < -0.39 is 23.7 Å². The van der Waals surface area contributed by atoms with Crippen LogP contribution >= 0.6 is 11.6 Å². The molecule has 12 rings (SSSR count). The predicted molar refractivity (Wildman–Crippen MR) is 307 cm³/mol. The number of aromatic amines is 3. The number of aromatic carboxylic acids is 1. The summed E-state index contributed by atoms with van der Waals surface area (Å²) in [4.78, 5) is 52.1. The van der Waals surface area contributed by atoms with E-state index in [0.29, 0.717) is 39.2 Å². The number of primary amides is 3. The van der Waals surface area contributed by atoms with Crippen LogP contribution in [0, 0.1) is 28.5 Å². The number of aromatic nitrogens is 8. The van der Waals surface area contributed by atoms with Gasteiger partial charge in [-0.2, -0.15) is 15.7 Å². The van der Waals surface area contributed by atoms with Crippen molar-refractivity contribution < 1.29 is 58.2 Å². The van der Waals surface area contributed by atoms with Crippen LogP contribution in [0.5, 0.6) is 0 Å². The summed E-state index contributed by atoms with van der Waals surface area (Å²) in [5.41, 5.74) is 38.8. The van der Waals surface area contributed by atoms with E-state index in [1.807, 2.05) is 143 Å². The zero-order valence-corrected chi connectivity index (χ0v) is 46.3. The van der Waals surface area contributed by atoms with Gasteiger partial charge in [-0.25, -0.2) is 9.18 Å². The Morgan fingerprint density at radius 2 is 0.951 bits per heavy atom. The number of carboxylic acids is 1. The number of carboxylic acid groups (broad SMARTS) is 1. The second-order valence-corrected chi connectivity index (χ2v) is 16.4. The van der Waals surface area contributed by atoms with Gasteiger partial charge in [0.05, 0.1) is 56.6 Å². The van der Waals surface area contributed by atoms with Gasteiger partial charge >= 0.3 is 35.5 Å². The SMILES string of the molecule is CCl.N#Cc1ccc(-n2cc(C(N)=O)c3ccccc32)cc1.N#Cc1ccc(F)cc1.NC(=O)c1c[nH]c2ccccc12.NC(=O)c1cn(-c2ccc(-c3nn[nH]n3)cc2)c2ccccc12.O=C(O)c1c[nH]c2ccccc12.[N-]=[N+]=[N-].[Na+]. The molecule has 10 N–H and O–H groups in total. The third-order valence-corrected chi connectivity index (χ3v) is 11.6. The Hall–Kier alpha value is -10.8. The molecule has 0 unspecified atom stereocenters. The van der Waals surface area contributed by atoms with Crippen molar-refractivity contribution in [3.63, 3.8) is 0 Å². The molecule has 0 spiro atoms. The molecule has 0 aliphatic rings. The number of nitriles is 2. The number of benzene rings is 7. The van der Waals surface area contributed by atoms with Crippen molar-refractivity contribution in [3.05, 3.63) is 250 Å². The zero-order chi connectivity index (χ0) is 58.4. The van der Waals surface area contributed by atoms with Crippen LogP contribution in [-0.2, 0) is 0 Å². The summed E-state index contributed by atoms with van der Waals surface area (Å²) in [5, 5.41) is 43.0. The number of alkyl halides is 1. The van der Waals surface area contributed by atoms with Gasteiger partial charge < -0.3 is 52.5 Å². The van der Waals surface area contributed by atoms with Gasteiger partial charge in [0.25, 0.3) is 17.7 Å². The van der Waals surface area contributed by atoms with Gasteiger partial charge in [0.15, 0.2) is 0 Å². The van der Waals surface area contributed by atoms with Crippen molar-refractivity contribution in [3.8, 4) is 34.9 Å². The third-order valence-electron chi connectivity index (χ3n) is 11.6. The van der Waals surface area contributed by atoms with Crippen LogP contribution in [-0.4, -0.2) is 74.9 Å². The Balaban J connectivity index is 0.000000190. The van der Waals surface area contributed by atoms with Crippen LogP contribution in [0.1, 0.15) is 52.6 Å². The van der Waals surface area contributed by atoms with Gasteiger partial charge in [0, 0.05) is 80.7 Å². The molecule has 24 heteroatoms. The number of fused-ring (bicyclic) bond motifs is 4. The first-order chi connectivity index (χ1) is 39.3. The summed E-state index contributed by atoms with van der Waals surface area (Å²) in [6.07, 6.45) is 8.10. The minimum Gasteiger partial charge on any atom is -0.478 e. The number of hydrogen-bond acceptors (Lipinski definition) is 9. The van der Waals surface area contributed by atoms with E-state index in [0.717, 1.165) is 60.5 Å². The number of nitrogens with two attached hydrogens (primary N) is 3. The molecule has 0 aliphatic heterocycles. The van der Waals surface area contributed by atoms with E-state index in [9.17, 15) is 23.6 Å². The molecule has 0 saturated carbocycles. The summed E-state index contributed by atoms with van der Waals surface area (Å²) in [7, 11) is 0. The van der Waals surface area contributed by atoms with Crippen molar-refractivity contribution in [1.29, 1.82) is 10.5 Å². The van der Waals surface area contributed by atoms with E-state index in [4.69, 9.17) is 43.9 Å². The minimum absolute atomic E-state index is 0. The Bertz CT molecular complexity index is 4150. The summed E-state index contributed by atoms with van der Waals surface area (Å²) in [6.45, 7) is 0. The summed E-state index contributed by atoms with van der Waals surface area (Å²) < 4.78 is 16.0. The first kappa shape index (κ1) is 62.0. The summed E-state index contributed by atoms with van der Waals surface area (Å²) in [6, 6.07) is 54.3. The van der Waals surface area contributed by atoms with Gasteiger partial charge in [0.1, 0.15) is 5.82 Å². The topological polar surface area (TPSA) is 369 Å². The molecule has 0 radical (unpaired) electrons. The number of tetrazole rings is 1. The van der Waals surface area contributed by atoms with Crippen molar-refractivity contribution in [1.82, 2.24) is 39.7 Å². The van der Waals surface area contributed by atoms with Crippen LogP contribution < -0.4 is 46.8 Å². The average Bonchev–Trinajstić information content (AvgIpc) is 4.46. The summed E-state index contributed by atoms with van der Waals surface area (Å²) in [5.74, 6) is -1.96. The van der Waals surface area contributed by atoms with E-state index in [1.54, 1.807) is 36.8 Å². The van der Waals surface area contributed by atoms with Crippen LogP contribution in [0.3, 0.4) is 0 Å². The first-order valence-electron chi connectivity index (χ1n) is 23.6. The quantitative estimate of drug-likeness (QED) is 0.0264. The smallest absolute Gasteiger partial charge is 0.478 e. The maximum atomic E-state index is 12.1. The molecule has 82 heavy (non-hydrogen) atoms. The second-order valence-electron chi connectivity index (χ2n) is 16.4. The first-order valence-corrected chi connectivity index (χ1v) is 24.3. The van der Waals surface area contributed by atoms with Crippen molar-refractivity contribution in [2.24, 2.45) is 17.2 Å². The van der Waals surface area contributed by atoms with E-state index in [-0.39, 0.29) is 35.4 Å². The Labute approximate surface area is 492 Å². The molecule has 402 valence electrons. The fourth-order valence-electron chi connectivity index (χ4n) is 7.98. The molecule has 7 aromatic carbocycles. The van der Waals surface area contributed by atoms with Gasteiger partial charge in [-0.3, -0.25) is 19.3 Å². The van der Waals surface area contributed by atoms with Crippen molar-refractivity contribution in [2.75, 3.05) is 6.38 Å². The number of carbonyl (C=O) groups is 4. The largest absolute Gasteiger partial charge is 1.00 e. The number of nitrogens with zero attached hydrogens (tertiary/aromatic N) is 10. The van der Waals surface area contributed by atoms with Gasteiger partial charge in [-0.15, -0.1) is 21.8 Å². The third kappa shape index (κ3) is 15.5. The molecule has 0 atom stereocenters. The van der Waals surface area contributed by atoms with Crippen LogP contribution in [0.2, 0.25) is 0 Å². The van der Waals surface area contributed by atoms with Crippen LogP contribution in [0.25, 0.3) is 82.3 Å². The van der Waals surface area contributed by atoms with Gasteiger partial charge in [-0.1, -0.05) is 72.8 Å². The normalized spacial score (nSPS) is 9.72. The number of carbonyl (C=O) groups excluding carboxylic acids is 3. The van der Waals surface area contributed by atoms with Crippen LogP contribution in [0.15, 0.2) is 195 Å². The number of para-hydroxylation sites is 4. The van der Waals surface area contributed by atoms with E-state index in [1.165, 1.54) is 41.8 Å². The number of rotatable bonds is 7. The molecule has 3 amide bonds. The average molecular weight is 1120 g/mol. The molecule has 5 heterocycles. The van der Waals surface area contributed by atoms with E-state index >= 15 is 0 Å². The standard InChI is InChI=1S/C16H12N6O.C16H11N3O.C9H8N2O.C9H7NO2.C7H4FN.CH3Cl.N3.Na/c17-15(23)13-9-22(14-4-2-1-3-12(13)14)11-7-5-10(6-8-11)16-18-20-21-19-16;17-9-11-5-7-12(8-6-11)19-10-14(16(18)20)13-3-1-2-4-15(13)19;10-9(12)7-5-11-8-4-2-1-3-6(7)8;11-9(12)7-5-10-8-4-2-1-3-6(7)8;8-7-3-1-6(5-9)2-4-7;1-2;1-3-2;/h1-9H,(H2,17,23)(H,18,19,20,21);1-8,10H,(H2,18,20);1-5,11H,(H2,10,12);1-5,10H,(H,11,12);1-4H;1H3;;/q;;;;;;-1;+1. The van der Waals surface area contributed by atoms with E-state index in [2.05, 4.69) is 48.3 Å². The molecule has 0 aliphatic carbocycles. The van der Waals surface area contributed by atoms with Gasteiger partial charge in [0.2, 0.25) is 5.82 Å². The molecular formula is C58H45ClFN16NaO5. The van der Waals surface area contributed by atoms with Crippen molar-refractivity contribution in [2.45, 2.75) is 0 Å². The maximum Gasteiger partial charge on any atom is 1.00 e. The van der Waals surface area contributed by atoms with Crippen molar-refractivity contribution >= 4 is 78.9 Å². The number of amides is 3. The fraction of sp³-hybridized carbons (Fsp3) is 0.0172. The molecule has 0 saturated heterocycles. The Morgan fingerprint density at radius 1 is 0.573 bits per heavy atom. The monoisotopic (exact) mass is 1120 g/mol. The number of nitrogens with one attached hydrogen (secondary N) is 3. The van der Waals surface area contributed by atoms with Gasteiger partial charge in [-0.05, 0) is 102 Å². The number of H-pyrrole nitrogens is 3. The molecule has 12 aromatic rings. The molecular weight excluding hydrogens is 1080 g/mol. The maximum absolute atomic E-state index is 12.1. The summed E-state index contributed by atoms with van der Waals surface area (Å²) >= 11 is 4.64. The van der Waals surface area contributed by atoms with Crippen LogP contribution in [0.4, 0.5) is 4.39 Å². The number of hydrogen-bond donors (Lipinski definition) is 7. The Kier molecular flexibility index (Phi) is 22.9. The number of halogens is 2. The molecule has 0 bridgehead atoms.